The Kier molecular flexibility index (Phi) is 3.35. The third-order valence-electron chi connectivity index (χ3n) is 3.67. The molecule has 0 saturated heterocycles. The van der Waals surface area contributed by atoms with Crippen molar-refractivity contribution in [1.29, 1.82) is 0 Å². The van der Waals surface area contributed by atoms with Crippen LogP contribution in [-0.2, 0) is 4.79 Å². The highest BCUT2D eigenvalue weighted by Gasteiger charge is 2.38. The van der Waals surface area contributed by atoms with Gasteiger partial charge in [-0.25, -0.2) is 0 Å². The maximum absolute atomic E-state index is 10.4. The van der Waals surface area contributed by atoms with Gasteiger partial charge in [0.1, 0.15) is 0 Å². The topological polar surface area (TPSA) is 37.3 Å². The molecule has 0 radical (unpaired) electrons. The van der Waals surface area contributed by atoms with Crippen molar-refractivity contribution >= 4 is 17.6 Å². The Balaban J connectivity index is 1.74. The van der Waals surface area contributed by atoms with Gasteiger partial charge in [-0.15, -0.1) is 11.6 Å². The van der Waals surface area contributed by atoms with Gasteiger partial charge >= 0.3 is 5.97 Å². The van der Waals surface area contributed by atoms with E-state index in [1.807, 2.05) is 0 Å². The summed E-state index contributed by atoms with van der Waals surface area (Å²) in [7, 11) is 0. The summed E-state index contributed by atoms with van der Waals surface area (Å²) in [4.78, 5) is 10.4. The van der Waals surface area contributed by atoms with Crippen molar-refractivity contribution in [3.8, 4) is 0 Å². The van der Waals surface area contributed by atoms with Crippen molar-refractivity contribution in [2.75, 3.05) is 0 Å². The highest BCUT2D eigenvalue weighted by Crippen LogP contribution is 2.47. The summed E-state index contributed by atoms with van der Waals surface area (Å²) in [6, 6.07) is 0. The Morgan fingerprint density at radius 1 is 1.47 bits per heavy atom. The van der Waals surface area contributed by atoms with Crippen LogP contribution in [0.4, 0.5) is 0 Å². The van der Waals surface area contributed by atoms with Gasteiger partial charge in [-0.05, 0) is 43.4 Å². The quantitative estimate of drug-likeness (QED) is 0.580. The number of hydrogen-bond donors (Lipinski definition) is 1. The lowest BCUT2D eigenvalue weighted by molar-refractivity contribution is -0.137. The second-order valence-electron chi connectivity index (χ2n) is 4.75. The van der Waals surface area contributed by atoms with Crippen molar-refractivity contribution in [2.24, 2.45) is 17.8 Å². The van der Waals surface area contributed by atoms with Crippen LogP contribution >= 0.6 is 11.6 Å². The molecule has 0 aromatic heterocycles. The lowest BCUT2D eigenvalue weighted by atomic mass is 9.88. The molecule has 2 aliphatic rings. The second-order valence-corrected chi connectivity index (χ2v) is 5.31. The van der Waals surface area contributed by atoms with E-state index in [4.69, 9.17) is 16.7 Å². The molecule has 2 bridgehead atoms. The number of carboxylic acid groups (broad SMARTS) is 1. The SMILES string of the molecule is O=C(O)CCCC(Cl)C1CC2C=CC1C2. The van der Waals surface area contributed by atoms with E-state index in [2.05, 4.69) is 12.2 Å². The molecule has 2 aliphatic carbocycles. The molecule has 1 fully saturated rings. The largest absolute Gasteiger partial charge is 0.481 e. The van der Waals surface area contributed by atoms with Crippen molar-refractivity contribution in [3.63, 3.8) is 0 Å². The van der Waals surface area contributed by atoms with Crippen LogP contribution in [0.1, 0.15) is 32.1 Å². The summed E-state index contributed by atoms with van der Waals surface area (Å²) >= 11 is 6.34. The number of rotatable bonds is 5. The minimum Gasteiger partial charge on any atom is -0.481 e. The van der Waals surface area contributed by atoms with Crippen molar-refractivity contribution in [2.45, 2.75) is 37.5 Å². The zero-order chi connectivity index (χ0) is 10.8. The molecule has 3 heteroatoms. The van der Waals surface area contributed by atoms with Crippen LogP contribution in [-0.4, -0.2) is 16.5 Å². The molecule has 1 saturated carbocycles. The van der Waals surface area contributed by atoms with Gasteiger partial charge in [0.25, 0.3) is 0 Å². The lowest BCUT2D eigenvalue weighted by Crippen LogP contribution is -2.19. The molecule has 0 amide bonds. The Labute approximate surface area is 95.3 Å². The van der Waals surface area contributed by atoms with Crippen LogP contribution in [0.25, 0.3) is 0 Å². The molecular formula is C12H17ClO2. The van der Waals surface area contributed by atoms with Crippen LogP contribution in [0.5, 0.6) is 0 Å². The van der Waals surface area contributed by atoms with E-state index in [0.717, 1.165) is 12.3 Å². The first kappa shape index (κ1) is 11.0. The first-order chi connectivity index (χ1) is 7.16. The van der Waals surface area contributed by atoms with E-state index in [-0.39, 0.29) is 11.8 Å². The monoisotopic (exact) mass is 228 g/mol. The Morgan fingerprint density at radius 2 is 2.27 bits per heavy atom. The van der Waals surface area contributed by atoms with Gasteiger partial charge in [-0.1, -0.05) is 12.2 Å². The number of carboxylic acids is 1. The summed E-state index contributed by atoms with van der Waals surface area (Å²) in [5.41, 5.74) is 0. The molecule has 1 N–H and O–H groups in total. The standard InChI is InChI=1S/C12H17ClO2/c13-11(2-1-3-12(14)15)10-7-8-4-5-9(10)6-8/h4-5,8-11H,1-3,6-7H2,(H,14,15). The fourth-order valence-electron chi connectivity index (χ4n) is 2.90. The Morgan fingerprint density at radius 3 is 2.80 bits per heavy atom. The van der Waals surface area contributed by atoms with E-state index in [9.17, 15) is 4.79 Å². The van der Waals surface area contributed by atoms with Crippen LogP contribution in [0, 0.1) is 17.8 Å². The summed E-state index contributed by atoms with van der Waals surface area (Å²) in [6.45, 7) is 0. The smallest absolute Gasteiger partial charge is 0.303 e. The number of hydrogen-bond acceptors (Lipinski definition) is 1. The van der Waals surface area contributed by atoms with Crippen molar-refractivity contribution in [1.82, 2.24) is 0 Å². The maximum atomic E-state index is 10.4. The second kappa shape index (κ2) is 4.56. The van der Waals surface area contributed by atoms with E-state index >= 15 is 0 Å². The predicted octanol–water partition coefficient (Wildman–Crippen LogP) is 3.06. The molecule has 0 aliphatic heterocycles. The summed E-state index contributed by atoms with van der Waals surface area (Å²) < 4.78 is 0. The van der Waals surface area contributed by atoms with Crippen molar-refractivity contribution in [3.05, 3.63) is 12.2 Å². The third kappa shape index (κ3) is 2.54. The average Bonchev–Trinajstić information content (AvgIpc) is 2.77. The highest BCUT2D eigenvalue weighted by molar-refractivity contribution is 6.20. The average molecular weight is 229 g/mol. The van der Waals surface area contributed by atoms with Gasteiger partial charge in [0.15, 0.2) is 0 Å². The lowest BCUT2D eigenvalue weighted by Gasteiger charge is -2.23. The number of aliphatic carboxylic acids is 1. The van der Waals surface area contributed by atoms with Crippen LogP contribution in [0.2, 0.25) is 0 Å². The number of fused-ring (bicyclic) bond motifs is 2. The number of allylic oxidation sites excluding steroid dienone is 2. The third-order valence-corrected chi connectivity index (χ3v) is 4.21. The first-order valence-corrected chi connectivity index (χ1v) is 6.14. The first-order valence-electron chi connectivity index (χ1n) is 5.71. The number of halogens is 1. The van der Waals surface area contributed by atoms with Gasteiger partial charge in [-0.3, -0.25) is 4.79 Å². The number of alkyl halides is 1. The zero-order valence-electron chi connectivity index (χ0n) is 8.73. The molecule has 15 heavy (non-hydrogen) atoms. The molecule has 0 spiro atoms. The number of carbonyl (C=O) groups is 1. The molecule has 84 valence electrons. The van der Waals surface area contributed by atoms with Crippen molar-refractivity contribution < 1.29 is 9.90 Å². The highest BCUT2D eigenvalue weighted by atomic mass is 35.5. The molecule has 0 aromatic rings. The van der Waals surface area contributed by atoms with Gasteiger partial charge in [-0.2, -0.15) is 0 Å². The van der Waals surface area contributed by atoms with Crippen LogP contribution < -0.4 is 0 Å². The van der Waals surface area contributed by atoms with E-state index in [1.54, 1.807) is 0 Å². The molecule has 0 aromatic carbocycles. The zero-order valence-corrected chi connectivity index (χ0v) is 9.49. The van der Waals surface area contributed by atoms with Gasteiger partial charge in [0, 0.05) is 11.8 Å². The van der Waals surface area contributed by atoms with Gasteiger partial charge < -0.3 is 5.11 Å². The summed E-state index contributed by atoms with van der Waals surface area (Å²) in [6.07, 6.45) is 8.89. The minimum atomic E-state index is -0.716. The molecule has 4 atom stereocenters. The Bertz CT molecular complexity index is 275. The molecule has 2 rings (SSSR count). The summed E-state index contributed by atoms with van der Waals surface area (Å²) in [5.74, 6) is 1.30. The normalized spacial score (nSPS) is 34.6. The molecule has 4 unspecified atom stereocenters. The van der Waals surface area contributed by atoms with E-state index < -0.39 is 5.97 Å². The van der Waals surface area contributed by atoms with Crippen LogP contribution in [0.3, 0.4) is 0 Å². The maximum Gasteiger partial charge on any atom is 0.303 e. The molecule has 0 heterocycles. The molecular weight excluding hydrogens is 212 g/mol. The van der Waals surface area contributed by atoms with Gasteiger partial charge in [0.05, 0.1) is 0 Å². The van der Waals surface area contributed by atoms with E-state index in [1.165, 1.54) is 12.8 Å². The van der Waals surface area contributed by atoms with E-state index in [0.29, 0.717) is 18.3 Å². The fourth-order valence-corrected chi connectivity index (χ4v) is 3.35. The van der Waals surface area contributed by atoms with Gasteiger partial charge in [0.2, 0.25) is 0 Å². The summed E-state index contributed by atoms with van der Waals surface area (Å²) in [5, 5.41) is 8.71. The fraction of sp³-hybridized carbons (Fsp3) is 0.750. The minimum absolute atomic E-state index is 0.171. The predicted molar refractivity (Wildman–Crippen MR) is 60.0 cm³/mol. The Hall–Kier alpha value is -0.500. The molecule has 2 nitrogen and oxygen atoms in total. The van der Waals surface area contributed by atoms with Crippen LogP contribution in [0.15, 0.2) is 12.2 Å².